The second-order valence-corrected chi connectivity index (χ2v) is 5.56. The summed E-state index contributed by atoms with van der Waals surface area (Å²) in [6.45, 7) is 5.71. The third-order valence-electron chi connectivity index (χ3n) is 2.40. The summed E-state index contributed by atoms with van der Waals surface area (Å²) in [5.41, 5.74) is -0.190. The van der Waals surface area contributed by atoms with Gasteiger partial charge in [-0.25, -0.2) is 4.39 Å². The Hall–Kier alpha value is -0.970. The normalized spacial score (nSPS) is 13.3. The molecule has 1 N–H and O–H groups in total. The van der Waals surface area contributed by atoms with Crippen LogP contribution in [0.4, 0.5) is 4.39 Å². The molecule has 0 aliphatic heterocycles. The van der Waals surface area contributed by atoms with Crippen molar-refractivity contribution in [2.45, 2.75) is 31.1 Å². The highest BCUT2D eigenvalue weighted by Crippen LogP contribution is 2.17. The van der Waals surface area contributed by atoms with Crippen LogP contribution in [0.5, 0.6) is 0 Å². The van der Waals surface area contributed by atoms with Gasteiger partial charge in [0.25, 0.3) is 5.91 Å². The highest BCUT2D eigenvalue weighted by molar-refractivity contribution is 9.09. The Morgan fingerprint density at radius 3 is 2.69 bits per heavy atom. The molecule has 1 rings (SSSR count). The van der Waals surface area contributed by atoms with Crippen molar-refractivity contribution in [3.05, 3.63) is 29.8 Å². The van der Waals surface area contributed by atoms with E-state index in [4.69, 9.17) is 0 Å². The molecule has 1 atom stereocenters. The molecule has 0 spiro atoms. The van der Waals surface area contributed by atoms with Crippen molar-refractivity contribution >= 4 is 21.8 Å². The molecule has 0 radical (unpaired) electrons. The lowest BCUT2D eigenvalue weighted by atomic mass is 10.0. The minimum Gasteiger partial charge on any atom is -0.346 e. The Bertz CT molecular complexity index is 393. The van der Waals surface area contributed by atoms with Crippen molar-refractivity contribution in [3.8, 4) is 0 Å². The van der Waals surface area contributed by atoms with E-state index in [0.717, 1.165) is 12.3 Å². The first-order valence-electron chi connectivity index (χ1n) is 4.90. The van der Waals surface area contributed by atoms with Crippen LogP contribution in [0.2, 0.25) is 0 Å². The molecule has 88 valence electrons. The van der Waals surface area contributed by atoms with Crippen molar-refractivity contribution in [1.29, 1.82) is 0 Å². The van der Waals surface area contributed by atoms with E-state index >= 15 is 0 Å². The maximum atomic E-state index is 12.9. The molecular weight excluding hydrogens is 275 g/mol. The number of pyridine rings is 1. The third-order valence-corrected chi connectivity index (χ3v) is 3.54. The van der Waals surface area contributed by atoms with Crippen LogP contribution in [0, 0.1) is 5.82 Å². The smallest absolute Gasteiger partial charge is 0.253 e. The predicted octanol–water partition coefficient (Wildman–Crippen LogP) is 2.51. The van der Waals surface area contributed by atoms with E-state index in [1.165, 1.54) is 6.20 Å². The number of nitrogens with one attached hydrogen (secondary N) is 1. The van der Waals surface area contributed by atoms with E-state index in [-0.39, 0.29) is 16.3 Å². The summed E-state index contributed by atoms with van der Waals surface area (Å²) >= 11 is 3.41. The SMILES string of the molecule is CC(Br)C(C)(C)NC(=O)c1cncc(F)c1. The molecule has 1 aromatic heterocycles. The number of rotatable bonds is 3. The van der Waals surface area contributed by atoms with E-state index in [2.05, 4.69) is 26.2 Å². The van der Waals surface area contributed by atoms with E-state index in [1.54, 1.807) is 0 Å². The topological polar surface area (TPSA) is 42.0 Å². The molecule has 0 bridgehead atoms. The zero-order valence-corrected chi connectivity index (χ0v) is 11.0. The Morgan fingerprint density at radius 1 is 1.56 bits per heavy atom. The fourth-order valence-electron chi connectivity index (χ4n) is 1.00. The van der Waals surface area contributed by atoms with Gasteiger partial charge in [-0.3, -0.25) is 9.78 Å². The molecule has 0 aromatic carbocycles. The lowest BCUT2D eigenvalue weighted by Gasteiger charge is -2.29. The first kappa shape index (κ1) is 13.1. The fraction of sp³-hybridized carbons (Fsp3) is 0.455. The Kier molecular flexibility index (Phi) is 4.02. The van der Waals surface area contributed by atoms with Gasteiger partial charge in [0.2, 0.25) is 0 Å². The maximum Gasteiger partial charge on any atom is 0.253 e. The van der Waals surface area contributed by atoms with Gasteiger partial charge < -0.3 is 5.32 Å². The lowest BCUT2D eigenvalue weighted by Crippen LogP contribution is -2.48. The minimum absolute atomic E-state index is 0.102. The number of carbonyl (C=O) groups is 1. The van der Waals surface area contributed by atoms with Crippen LogP contribution < -0.4 is 5.32 Å². The highest BCUT2D eigenvalue weighted by Gasteiger charge is 2.26. The summed E-state index contributed by atoms with van der Waals surface area (Å²) in [4.78, 5) is 15.5. The summed E-state index contributed by atoms with van der Waals surface area (Å²) in [5.74, 6) is -0.847. The van der Waals surface area contributed by atoms with Gasteiger partial charge in [0, 0.05) is 16.6 Å². The molecular formula is C11H14BrFN2O. The van der Waals surface area contributed by atoms with Gasteiger partial charge in [-0.1, -0.05) is 22.9 Å². The van der Waals surface area contributed by atoms with E-state index < -0.39 is 11.4 Å². The van der Waals surface area contributed by atoms with E-state index in [1.807, 2.05) is 20.8 Å². The van der Waals surface area contributed by atoms with Gasteiger partial charge >= 0.3 is 0 Å². The molecule has 0 aliphatic carbocycles. The van der Waals surface area contributed by atoms with Gasteiger partial charge in [-0.05, 0) is 19.9 Å². The van der Waals surface area contributed by atoms with Crippen LogP contribution in [0.25, 0.3) is 0 Å². The summed E-state index contributed by atoms with van der Waals surface area (Å²) in [7, 11) is 0. The van der Waals surface area contributed by atoms with Crippen molar-refractivity contribution in [2.75, 3.05) is 0 Å². The van der Waals surface area contributed by atoms with Crippen molar-refractivity contribution < 1.29 is 9.18 Å². The Balaban J connectivity index is 2.81. The summed E-state index contributed by atoms with van der Waals surface area (Å²) < 4.78 is 12.9. The number of nitrogens with zero attached hydrogens (tertiary/aromatic N) is 1. The molecule has 1 amide bonds. The second kappa shape index (κ2) is 4.91. The molecule has 0 saturated heterocycles. The number of hydrogen-bond donors (Lipinski definition) is 1. The van der Waals surface area contributed by atoms with Crippen LogP contribution in [0.15, 0.2) is 18.5 Å². The average molecular weight is 289 g/mol. The first-order chi connectivity index (χ1) is 7.33. The molecule has 3 nitrogen and oxygen atoms in total. The van der Waals surface area contributed by atoms with Gasteiger partial charge in [-0.2, -0.15) is 0 Å². The molecule has 0 saturated carbocycles. The molecule has 5 heteroatoms. The Labute approximate surface area is 103 Å². The van der Waals surface area contributed by atoms with Crippen LogP contribution in [-0.4, -0.2) is 21.3 Å². The highest BCUT2D eigenvalue weighted by atomic mass is 79.9. The third kappa shape index (κ3) is 3.27. The second-order valence-electron chi connectivity index (χ2n) is 4.18. The summed E-state index contributed by atoms with van der Waals surface area (Å²) in [6.07, 6.45) is 2.41. The van der Waals surface area contributed by atoms with Gasteiger partial charge in [0.15, 0.2) is 0 Å². The molecule has 1 aromatic rings. The van der Waals surface area contributed by atoms with Gasteiger partial charge in [0.05, 0.1) is 11.8 Å². The van der Waals surface area contributed by atoms with E-state index in [9.17, 15) is 9.18 Å². The first-order valence-corrected chi connectivity index (χ1v) is 5.81. The van der Waals surface area contributed by atoms with Crippen molar-refractivity contribution in [1.82, 2.24) is 10.3 Å². The van der Waals surface area contributed by atoms with Crippen molar-refractivity contribution in [2.24, 2.45) is 0 Å². The number of aromatic nitrogens is 1. The maximum absolute atomic E-state index is 12.9. The van der Waals surface area contributed by atoms with Gasteiger partial charge in [0.1, 0.15) is 5.82 Å². The zero-order valence-electron chi connectivity index (χ0n) is 9.42. The fourth-order valence-corrected chi connectivity index (χ4v) is 1.11. The molecule has 0 aliphatic rings. The molecule has 0 fully saturated rings. The van der Waals surface area contributed by atoms with Gasteiger partial charge in [-0.15, -0.1) is 0 Å². The zero-order chi connectivity index (χ0) is 12.3. The molecule has 1 unspecified atom stereocenters. The number of alkyl halides is 1. The lowest BCUT2D eigenvalue weighted by molar-refractivity contribution is 0.0913. The quantitative estimate of drug-likeness (QED) is 0.869. The number of carbonyl (C=O) groups excluding carboxylic acids is 1. The largest absolute Gasteiger partial charge is 0.346 e. The Morgan fingerprint density at radius 2 is 2.19 bits per heavy atom. The average Bonchev–Trinajstić information content (AvgIpc) is 2.16. The standard InChI is InChI=1S/C11H14BrFN2O/c1-7(12)11(2,3)15-10(16)8-4-9(13)6-14-5-8/h4-7H,1-3H3,(H,15,16). The monoisotopic (exact) mass is 288 g/mol. The van der Waals surface area contributed by atoms with Crippen LogP contribution in [0.1, 0.15) is 31.1 Å². The number of amides is 1. The number of halogens is 2. The van der Waals surface area contributed by atoms with Crippen LogP contribution in [-0.2, 0) is 0 Å². The summed E-state index contributed by atoms with van der Waals surface area (Å²) in [6, 6.07) is 1.16. The van der Waals surface area contributed by atoms with Crippen LogP contribution >= 0.6 is 15.9 Å². The molecule has 16 heavy (non-hydrogen) atoms. The van der Waals surface area contributed by atoms with E-state index in [0.29, 0.717) is 0 Å². The summed E-state index contributed by atoms with van der Waals surface area (Å²) in [5, 5.41) is 2.81. The number of hydrogen-bond acceptors (Lipinski definition) is 2. The predicted molar refractivity (Wildman–Crippen MR) is 64.1 cm³/mol. The molecule has 1 heterocycles. The van der Waals surface area contributed by atoms with Crippen LogP contribution in [0.3, 0.4) is 0 Å². The minimum atomic E-state index is -0.516. The van der Waals surface area contributed by atoms with Crippen molar-refractivity contribution in [3.63, 3.8) is 0 Å².